The van der Waals surface area contributed by atoms with Crippen molar-refractivity contribution in [2.24, 2.45) is 5.92 Å². The lowest BCUT2D eigenvalue weighted by molar-refractivity contribution is -0.141. The van der Waals surface area contributed by atoms with Crippen molar-refractivity contribution in [2.75, 3.05) is 19.0 Å². The summed E-state index contributed by atoms with van der Waals surface area (Å²) in [7, 11) is 3.80. The van der Waals surface area contributed by atoms with E-state index in [1.54, 1.807) is 19.1 Å². The highest BCUT2D eigenvalue weighted by Crippen LogP contribution is 2.25. The Morgan fingerprint density at radius 3 is 2.56 bits per heavy atom. The van der Waals surface area contributed by atoms with Crippen molar-refractivity contribution in [3.05, 3.63) is 23.8 Å². The molecular weight excluding hydrogens is 206 g/mol. The van der Waals surface area contributed by atoms with E-state index in [2.05, 4.69) is 0 Å². The Balaban J connectivity index is 2.94. The normalized spacial score (nSPS) is 12.2. The molecule has 0 aliphatic rings. The largest absolute Gasteiger partial charge is 0.508 e. The van der Waals surface area contributed by atoms with Gasteiger partial charge in [-0.05, 0) is 30.2 Å². The standard InChI is InChI=1S/C12H17NO3/c1-8(12(15)16)6-9-7-10(13(2)3)4-5-11(9)14/h4-5,7-8,14H,6H2,1-3H3,(H,15,16). The average Bonchev–Trinajstić information content (AvgIpc) is 2.20. The highest BCUT2D eigenvalue weighted by atomic mass is 16.4. The van der Waals surface area contributed by atoms with Crippen molar-refractivity contribution in [3.8, 4) is 5.75 Å². The van der Waals surface area contributed by atoms with Crippen molar-refractivity contribution in [2.45, 2.75) is 13.3 Å². The second-order valence-corrected chi connectivity index (χ2v) is 4.15. The molecule has 0 aromatic heterocycles. The summed E-state index contributed by atoms with van der Waals surface area (Å²) in [5, 5.41) is 18.5. The number of phenolic OH excluding ortho intramolecular Hbond substituents is 1. The molecule has 0 saturated heterocycles. The van der Waals surface area contributed by atoms with E-state index in [0.29, 0.717) is 12.0 Å². The number of anilines is 1. The molecule has 1 aromatic carbocycles. The fourth-order valence-electron chi connectivity index (χ4n) is 1.43. The number of hydrogen-bond acceptors (Lipinski definition) is 3. The third kappa shape index (κ3) is 2.89. The molecule has 0 heterocycles. The molecule has 0 saturated carbocycles. The minimum Gasteiger partial charge on any atom is -0.508 e. The smallest absolute Gasteiger partial charge is 0.306 e. The van der Waals surface area contributed by atoms with Crippen LogP contribution in [0.25, 0.3) is 0 Å². The van der Waals surface area contributed by atoms with Gasteiger partial charge in [-0.3, -0.25) is 4.79 Å². The molecule has 1 rings (SSSR count). The van der Waals surface area contributed by atoms with Crippen LogP contribution in [0.15, 0.2) is 18.2 Å². The fraction of sp³-hybridized carbons (Fsp3) is 0.417. The molecule has 88 valence electrons. The molecule has 0 fully saturated rings. The third-order valence-corrected chi connectivity index (χ3v) is 2.53. The lowest BCUT2D eigenvalue weighted by Crippen LogP contribution is -2.13. The molecule has 0 amide bonds. The van der Waals surface area contributed by atoms with Crippen LogP contribution in [0.3, 0.4) is 0 Å². The summed E-state index contributed by atoms with van der Waals surface area (Å²) in [6.07, 6.45) is 0.336. The van der Waals surface area contributed by atoms with Gasteiger partial charge in [0.2, 0.25) is 0 Å². The Kier molecular flexibility index (Phi) is 3.77. The number of carboxylic acid groups (broad SMARTS) is 1. The predicted octanol–water partition coefficient (Wildman–Crippen LogP) is 1.72. The second-order valence-electron chi connectivity index (χ2n) is 4.15. The van der Waals surface area contributed by atoms with E-state index >= 15 is 0 Å². The molecule has 4 heteroatoms. The van der Waals surface area contributed by atoms with E-state index in [1.165, 1.54) is 0 Å². The van der Waals surface area contributed by atoms with Gasteiger partial charge in [-0.25, -0.2) is 0 Å². The van der Waals surface area contributed by atoms with E-state index in [-0.39, 0.29) is 5.75 Å². The Labute approximate surface area is 95.1 Å². The summed E-state index contributed by atoms with van der Waals surface area (Å²) in [6, 6.07) is 5.21. The first-order valence-corrected chi connectivity index (χ1v) is 5.14. The number of nitrogens with zero attached hydrogens (tertiary/aromatic N) is 1. The molecule has 0 spiro atoms. The molecule has 1 aromatic rings. The van der Waals surface area contributed by atoms with Crippen LogP contribution in [0.5, 0.6) is 5.75 Å². The quantitative estimate of drug-likeness (QED) is 0.816. The van der Waals surface area contributed by atoms with Gasteiger partial charge in [0.15, 0.2) is 0 Å². The second kappa shape index (κ2) is 4.88. The first kappa shape index (κ1) is 12.4. The molecule has 0 aliphatic carbocycles. The minimum absolute atomic E-state index is 0.152. The summed E-state index contributed by atoms with van der Waals surface area (Å²) in [6.45, 7) is 1.63. The van der Waals surface area contributed by atoms with E-state index in [4.69, 9.17) is 5.11 Å². The Morgan fingerprint density at radius 2 is 2.06 bits per heavy atom. The van der Waals surface area contributed by atoms with Crippen molar-refractivity contribution < 1.29 is 15.0 Å². The molecule has 2 N–H and O–H groups in total. The Bertz CT molecular complexity index is 388. The number of aromatic hydroxyl groups is 1. The van der Waals surface area contributed by atoms with Crippen molar-refractivity contribution in [1.29, 1.82) is 0 Å². The van der Waals surface area contributed by atoms with E-state index in [1.807, 2.05) is 25.1 Å². The SMILES string of the molecule is CC(Cc1cc(N(C)C)ccc1O)C(=O)O. The van der Waals surface area contributed by atoms with Crippen molar-refractivity contribution in [1.82, 2.24) is 0 Å². The van der Waals surface area contributed by atoms with Crippen LogP contribution in [0, 0.1) is 5.92 Å². The molecular formula is C12H17NO3. The van der Waals surface area contributed by atoms with Crippen LogP contribution in [-0.4, -0.2) is 30.3 Å². The number of aliphatic carboxylic acids is 1. The van der Waals surface area contributed by atoms with Gasteiger partial charge in [0.25, 0.3) is 0 Å². The first-order chi connectivity index (χ1) is 7.41. The van der Waals surface area contributed by atoms with Crippen LogP contribution in [0.4, 0.5) is 5.69 Å². The average molecular weight is 223 g/mol. The maximum absolute atomic E-state index is 10.7. The molecule has 0 aliphatic heterocycles. The maximum Gasteiger partial charge on any atom is 0.306 e. The van der Waals surface area contributed by atoms with Crippen LogP contribution >= 0.6 is 0 Å². The van der Waals surface area contributed by atoms with Crippen molar-refractivity contribution >= 4 is 11.7 Å². The van der Waals surface area contributed by atoms with E-state index < -0.39 is 11.9 Å². The van der Waals surface area contributed by atoms with Gasteiger partial charge in [-0.1, -0.05) is 6.92 Å². The zero-order chi connectivity index (χ0) is 12.3. The number of rotatable bonds is 4. The number of carbonyl (C=O) groups is 1. The zero-order valence-electron chi connectivity index (χ0n) is 9.77. The van der Waals surface area contributed by atoms with Gasteiger partial charge in [0.1, 0.15) is 5.75 Å². The predicted molar refractivity (Wildman–Crippen MR) is 62.9 cm³/mol. The molecule has 0 radical (unpaired) electrons. The van der Waals surface area contributed by atoms with Gasteiger partial charge in [0, 0.05) is 19.8 Å². The topological polar surface area (TPSA) is 60.8 Å². The summed E-state index contributed by atoms with van der Waals surface area (Å²) in [5.41, 5.74) is 1.62. The summed E-state index contributed by atoms with van der Waals surface area (Å²) < 4.78 is 0. The van der Waals surface area contributed by atoms with Crippen molar-refractivity contribution in [3.63, 3.8) is 0 Å². The molecule has 16 heavy (non-hydrogen) atoms. The Hall–Kier alpha value is -1.71. The summed E-state index contributed by atoms with van der Waals surface area (Å²) in [4.78, 5) is 12.7. The summed E-state index contributed by atoms with van der Waals surface area (Å²) >= 11 is 0. The number of phenols is 1. The zero-order valence-corrected chi connectivity index (χ0v) is 9.77. The highest BCUT2D eigenvalue weighted by molar-refractivity contribution is 5.70. The van der Waals surface area contributed by atoms with Crippen LogP contribution in [0.1, 0.15) is 12.5 Å². The highest BCUT2D eigenvalue weighted by Gasteiger charge is 2.14. The minimum atomic E-state index is -0.852. The molecule has 0 bridgehead atoms. The molecule has 1 atom stereocenters. The van der Waals surface area contributed by atoms with Gasteiger partial charge < -0.3 is 15.1 Å². The summed E-state index contributed by atoms with van der Waals surface area (Å²) in [5.74, 6) is -1.20. The number of benzene rings is 1. The van der Waals surface area contributed by atoms with Gasteiger partial charge >= 0.3 is 5.97 Å². The van der Waals surface area contributed by atoms with E-state index in [0.717, 1.165) is 5.69 Å². The number of carboxylic acids is 1. The molecule has 1 unspecified atom stereocenters. The molecule has 4 nitrogen and oxygen atoms in total. The lowest BCUT2D eigenvalue weighted by Gasteiger charge is -2.15. The van der Waals surface area contributed by atoms with Crippen LogP contribution in [0.2, 0.25) is 0 Å². The van der Waals surface area contributed by atoms with Crippen LogP contribution in [-0.2, 0) is 11.2 Å². The van der Waals surface area contributed by atoms with Crippen LogP contribution < -0.4 is 4.90 Å². The fourth-order valence-corrected chi connectivity index (χ4v) is 1.43. The lowest BCUT2D eigenvalue weighted by atomic mass is 10.00. The monoisotopic (exact) mass is 223 g/mol. The van der Waals surface area contributed by atoms with Gasteiger partial charge in [-0.15, -0.1) is 0 Å². The Morgan fingerprint density at radius 1 is 1.44 bits per heavy atom. The van der Waals surface area contributed by atoms with Gasteiger partial charge in [0.05, 0.1) is 5.92 Å². The van der Waals surface area contributed by atoms with E-state index in [9.17, 15) is 9.90 Å². The third-order valence-electron chi connectivity index (χ3n) is 2.53. The first-order valence-electron chi connectivity index (χ1n) is 5.14. The number of hydrogen-bond donors (Lipinski definition) is 2. The maximum atomic E-state index is 10.7. The van der Waals surface area contributed by atoms with Gasteiger partial charge in [-0.2, -0.15) is 0 Å².